The molecule has 0 bridgehead atoms. The van der Waals surface area contributed by atoms with Crippen LogP contribution in [0.15, 0.2) is 24.3 Å². The van der Waals surface area contributed by atoms with Crippen molar-refractivity contribution < 1.29 is 23.0 Å². The van der Waals surface area contributed by atoms with E-state index in [4.69, 9.17) is 5.73 Å². The maximum Gasteiger partial charge on any atom is 0.573 e. The standard InChI is InChI=1S/C12H16F3NO2/c1-7(2)11(17)10(16)8-5-3-4-6-9(8)18-12(13,14)15/h3-7,10-11,17H,16H2,1-2H3/t10-,11+/m1/s1. The van der Waals surface area contributed by atoms with Gasteiger partial charge in [0.2, 0.25) is 0 Å². The minimum absolute atomic E-state index is 0.135. The van der Waals surface area contributed by atoms with Crippen LogP contribution < -0.4 is 10.5 Å². The highest BCUT2D eigenvalue weighted by molar-refractivity contribution is 5.36. The van der Waals surface area contributed by atoms with Gasteiger partial charge in [0.05, 0.1) is 12.1 Å². The Morgan fingerprint density at radius 3 is 2.28 bits per heavy atom. The first-order chi connectivity index (χ1) is 8.22. The monoisotopic (exact) mass is 263 g/mol. The van der Waals surface area contributed by atoms with Gasteiger partial charge in [-0.15, -0.1) is 13.2 Å². The Hall–Kier alpha value is -1.27. The molecule has 0 saturated carbocycles. The fourth-order valence-corrected chi connectivity index (χ4v) is 1.57. The van der Waals surface area contributed by atoms with Crippen molar-refractivity contribution >= 4 is 0 Å². The molecular weight excluding hydrogens is 247 g/mol. The Labute approximate surface area is 103 Å². The Morgan fingerprint density at radius 2 is 1.78 bits per heavy atom. The molecule has 102 valence electrons. The van der Waals surface area contributed by atoms with E-state index in [9.17, 15) is 18.3 Å². The van der Waals surface area contributed by atoms with Crippen molar-refractivity contribution in [3.8, 4) is 5.75 Å². The zero-order valence-corrected chi connectivity index (χ0v) is 10.1. The second-order valence-corrected chi connectivity index (χ2v) is 4.35. The molecule has 0 heterocycles. The highest BCUT2D eigenvalue weighted by atomic mass is 19.4. The molecule has 1 aromatic rings. The molecule has 6 heteroatoms. The topological polar surface area (TPSA) is 55.5 Å². The number of benzene rings is 1. The maximum atomic E-state index is 12.2. The lowest BCUT2D eigenvalue weighted by Crippen LogP contribution is -2.31. The number of para-hydroxylation sites is 1. The van der Waals surface area contributed by atoms with Gasteiger partial charge in [0.25, 0.3) is 0 Å². The summed E-state index contributed by atoms with van der Waals surface area (Å²) in [5, 5.41) is 9.81. The first-order valence-electron chi connectivity index (χ1n) is 5.50. The van der Waals surface area contributed by atoms with E-state index in [2.05, 4.69) is 4.74 Å². The van der Waals surface area contributed by atoms with Crippen LogP contribution in [0.3, 0.4) is 0 Å². The second-order valence-electron chi connectivity index (χ2n) is 4.35. The molecule has 2 atom stereocenters. The van der Waals surface area contributed by atoms with Crippen LogP contribution in [-0.4, -0.2) is 17.6 Å². The van der Waals surface area contributed by atoms with E-state index < -0.39 is 18.5 Å². The molecule has 0 unspecified atom stereocenters. The average Bonchev–Trinajstić information content (AvgIpc) is 2.25. The summed E-state index contributed by atoms with van der Waals surface area (Å²) in [6, 6.07) is 4.63. The molecular formula is C12H16F3NO2. The van der Waals surface area contributed by atoms with E-state index in [1.165, 1.54) is 18.2 Å². The first-order valence-corrected chi connectivity index (χ1v) is 5.50. The minimum Gasteiger partial charge on any atom is -0.405 e. The summed E-state index contributed by atoms with van der Waals surface area (Å²) in [5.74, 6) is -0.545. The third kappa shape index (κ3) is 3.89. The minimum atomic E-state index is -4.78. The van der Waals surface area contributed by atoms with Crippen LogP contribution in [0.2, 0.25) is 0 Å². The van der Waals surface area contributed by atoms with Crippen LogP contribution in [0.4, 0.5) is 13.2 Å². The molecule has 3 nitrogen and oxygen atoms in total. The fraction of sp³-hybridized carbons (Fsp3) is 0.500. The zero-order chi connectivity index (χ0) is 13.9. The van der Waals surface area contributed by atoms with Gasteiger partial charge in [0.15, 0.2) is 0 Å². The van der Waals surface area contributed by atoms with E-state index in [0.717, 1.165) is 0 Å². The number of halogens is 3. The molecule has 0 radical (unpaired) electrons. The lowest BCUT2D eigenvalue weighted by Gasteiger charge is -2.24. The number of aliphatic hydroxyl groups excluding tert-OH is 1. The number of hydrogen-bond acceptors (Lipinski definition) is 3. The molecule has 0 amide bonds. The van der Waals surface area contributed by atoms with Gasteiger partial charge in [-0.1, -0.05) is 32.0 Å². The molecule has 0 fully saturated rings. The number of alkyl halides is 3. The third-order valence-electron chi connectivity index (χ3n) is 2.55. The van der Waals surface area contributed by atoms with Crippen LogP contribution in [0.1, 0.15) is 25.5 Å². The van der Waals surface area contributed by atoms with E-state index >= 15 is 0 Å². The van der Waals surface area contributed by atoms with Crippen molar-refractivity contribution in [3.63, 3.8) is 0 Å². The van der Waals surface area contributed by atoms with Gasteiger partial charge in [-0.2, -0.15) is 0 Å². The first kappa shape index (κ1) is 14.8. The molecule has 1 aromatic carbocycles. The Bertz CT molecular complexity index is 393. The average molecular weight is 263 g/mol. The lowest BCUT2D eigenvalue weighted by atomic mass is 9.94. The van der Waals surface area contributed by atoms with Gasteiger partial charge in [-0.05, 0) is 12.0 Å². The van der Waals surface area contributed by atoms with Crippen molar-refractivity contribution in [1.82, 2.24) is 0 Å². The van der Waals surface area contributed by atoms with Crippen LogP contribution in [0.5, 0.6) is 5.75 Å². The zero-order valence-electron chi connectivity index (χ0n) is 10.1. The van der Waals surface area contributed by atoms with E-state index in [1.54, 1.807) is 19.9 Å². The second kappa shape index (κ2) is 5.58. The number of aliphatic hydroxyl groups is 1. The number of nitrogens with two attached hydrogens (primary N) is 1. The predicted molar refractivity (Wildman–Crippen MR) is 60.9 cm³/mol. The summed E-state index contributed by atoms with van der Waals surface area (Å²) in [5.41, 5.74) is 5.90. The summed E-state index contributed by atoms with van der Waals surface area (Å²) in [7, 11) is 0. The molecule has 18 heavy (non-hydrogen) atoms. The van der Waals surface area contributed by atoms with Gasteiger partial charge < -0.3 is 15.6 Å². The Balaban J connectivity index is 3.01. The molecule has 0 spiro atoms. The van der Waals surface area contributed by atoms with Crippen molar-refractivity contribution in [2.24, 2.45) is 11.7 Å². The largest absolute Gasteiger partial charge is 0.573 e. The van der Waals surface area contributed by atoms with Crippen LogP contribution >= 0.6 is 0 Å². The maximum absolute atomic E-state index is 12.2. The third-order valence-corrected chi connectivity index (χ3v) is 2.55. The van der Waals surface area contributed by atoms with Crippen molar-refractivity contribution in [1.29, 1.82) is 0 Å². The number of ether oxygens (including phenoxy) is 1. The highest BCUT2D eigenvalue weighted by Crippen LogP contribution is 2.31. The van der Waals surface area contributed by atoms with Crippen LogP contribution in [-0.2, 0) is 0 Å². The van der Waals surface area contributed by atoms with Crippen molar-refractivity contribution in [3.05, 3.63) is 29.8 Å². The summed E-state index contributed by atoms with van der Waals surface area (Å²) in [6.45, 7) is 3.47. The quantitative estimate of drug-likeness (QED) is 0.878. The summed E-state index contributed by atoms with van der Waals surface area (Å²) in [4.78, 5) is 0. The lowest BCUT2D eigenvalue weighted by molar-refractivity contribution is -0.275. The number of hydrogen-bond donors (Lipinski definition) is 2. The molecule has 0 aromatic heterocycles. The summed E-state index contributed by atoms with van der Waals surface area (Å²) >= 11 is 0. The van der Waals surface area contributed by atoms with E-state index in [-0.39, 0.29) is 17.2 Å². The predicted octanol–water partition coefficient (Wildman–Crippen LogP) is 2.60. The van der Waals surface area contributed by atoms with E-state index in [0.29, 0.717) is 0 Å². The Kier molecular flexibility index (Phi) is 4.59. The summed E-state index contributed by atoms with van der Waals surface area (Å²) in [6.07, 6.45) is -5.72. The highest BCUT2D eigenvalue weighted by Gasteiger charge is 2.33. The SMILES string of the molecule is CC(C)[C@H](O)[C@H](N)c1ccccc1OC(F)(F)F. The van der Waals surface area contributed by atoms with Gasteiger partial charge in [-0.3, -0.25) is 0 Å². The molecule has 0 aliphatic heterocycles. The molecule has 3 N–H and O–H groups in total. The fourth-order valence-electron chi connectivity index (χ4n) is 1.57. The van der Waals surface area contributed by atoms with E-state index in [1.807, 2.05) is 0 Å². The van der Waals surface area contributed by atoms with Crippen molar-refractivity contribution in [2.45, 2.75) is 32.4 Å². The molecule has 0 aliphatic carbocycles. The van der Waals surface area contributed by atoms with Gasteiger partial charge in [0, 0.05) is 5.56 Å². The molecule has 1 rings (SSSR count). The van der Waals surface area contributed by atoms with Gasteiger partial charge in [-0.25, -0.2) is 0 Å². The van der Waals surface area contributed by atoms with Crippen LogP contribution in [0, 0.1) is 5.92 Å². The van der Waals surface area contributed by atoms with Crippen LogP contribution in [0.25, 0.3) is 0 Å². The smallest absolute Gasteiger partial charge is 0.405 e. The molecule has 0 aliphatic rings. The normalized spacial score (nSPS) is 15.6. The number of rotatable bonds is 4. The Morgan fingerprint density at radius 1 is 1.22 bits per heavy atom. The molecule has 0 saturated heterocycles. The van der Waals surface area contributed by atoms with Gasteiger partial charge in [0.1, 0.15) is 5.75 Å². The summed E-state index contributed by atoms with van der Waals surface area (Å²) < 4.78 is 40.5. The van der Waals surface area contributed by atoms with Gasteiger partial charge >= 0.3 is 6.36 Å². The van der Waals surface area contributed by atoms with Crippen molar-refractivity contribution in [2.75, 3.05) is 0 Å².